The van der Waals surface area contributed by atoms with Gasteiger partial charge in [0, 0.05) is 16.7 Å². The van der Waals surface area contributed by atoms with Crippen molar-refractivity contribution in [1.29, 1.82) is 0 Å². The summed E-state index contributed by atoms with van der Waals surface area (Å²) in [4.78, 5) is 11.6. The van der Waals surface area contributed by atoms with Crippen LogP contribution in [0.4, 0.5) is 4.39 Å². The molecule has 0 N–H and O–H groups in total. The minimum atomic E-state index is -0.359. The zero-order valence-electron chi connectivity index (χ0n) is 7.65. The van der Waals surface area contributed by atoms with Gasteiger partial charge in [0.25, 0.3) is 5.56 Å². The first-order chi connectivity index (χ1) is 7.16. The van der Waals surface area contributed by atoms with Crippen molar-refractivity contribution in [3.8, 4) is 5.69 Å². The van der Waals surface area contributed by atoms with E-state index < -0.39 is 0 Å². The van der Waals surface area contributed by atoms with E-state index in [1.807, 2.05) is 0 Å². The maximum atomic E-state index is 12.9. The van der Waals surface area contributed by atoms with Crippen LogP contribution < -0.4 is 5.56 Å². The molecule has 1 aromatic carbocycles. The quantitative estimate of drug-likeness (QED) is 0.779. The fraction of sp³-hybridized carbons (Fsp3) is 0. The molecule has 15 heavy (non-hydrogen) atoms. The lowest BCUT2D eigenvalue weighted by Crippen LogP contribution is -2.16. The molecule has 0 saturated heterocycles. The number of hydrogen-bond donors (Lipinski definition) is 0. The fourth-order valence-electron chi connectivity index (χ4n) is 1.29. The first-order valence-electron chi connectivity index (χ1n) is 4.31. The lowest BCUT2D eigenvalue weighted by atomic mass is 10.3. The van der Waals surface area contributed by atoms with Crippen molar-refractivity contribution in [2.45, 2.75) is 0 Å². The molecule has 2 rings (SSSR count). The van der Waals surface area contributed by atoms with Gasteiger partial charge in [0.2, 0.25) is 0 Å². The second-order valence-electron chi connectivity index (χ2n) is 3.03. The Kier molecular flexibility index (Phi) is 2.68. The largest absolute Gasteiger partial charge is 0.284 e. The summed E-state index contributed by atoms with van der Waals surface area (Å²) in [6.45, 7) is 0. The monoisotopic (exact) mass is 267 g/mol. The van der Waals surface area contributed by atoms with E-state index in [4.69, 9.17) is 0 Å². The molecule has 0 bridgehead atoms. The summed E-state index contributed by atoms with van der Waals surface area (Å²) >= 11 is 3.20. The predicted octanol–water partition coefficient (Wildman–Crippen LogP) is 2.74. The molecule has 2 nitrogen and oxygen atoms in total. The SMILES string of the molecule is O=c1cc(Br)ccn1-c1cccc(F)c1. The van der Waals surface area contributed by atoms with Crippen LogP contribution in [-0.2, 0) is 0 Å². The Morgan fingerprint density at radius 3 is 2.67 bits per heavy atom. The molecule has 0 radical (unpaired) electrons. The van der Waals surface area contributed by atoms with Crippen molar-refractivity contribution in [3.63, 3.8) is 0 Å². The number of pyridine rings is 1. The van der Waals surface area contributed by atoms with E-state index in [0.717, 1.165) is 0 Å². The first kappa shape index (κ1) is 10.1. The van der Waals surface area contributed by atoms with E-state index in [0.29, 0.717) is 10.2 Å². The van der Waals surface area contributed by atoms with Crippen LogP contribution in [0.1, 0.15) is 0 Å². The van der Waals surface area contributed by atoms with Gasteiger partial charge in [-0.3, -0.25) is 9.36 Å². The molecule has 1 heterocycles. The molecule has 0 aliphatic heterocycles. The number of benzene rings is 1. The van der Waals surface area contributed by atoms with Gasteiger partial charge in [0.05, 0.1) is 5.69 Å². The van der Waals surface area contributed by atoms with Crippen molar-refractivity contribution in [3.05, 3.63) is 63.2 Å². The smallest absolute Gasteiger partial charge is 0.256 e. The van der Waals surface area contributed by atoms with Crippen LogP contribution in [0.25, 0.3) is 5.69 Å². The van der Waals surface area contributed by atoms with E-state index in [2.05, 4.69) is 15.9 Å². The zero-order valence-corrected chi connectivity index (χ0v) is 9.24. The summed E-state index contributed by atoms with van der Waals surface area (Å²) in [5.41, 5.74) is 0.322. The van der Waals surface area contributed by atoms with Crippen LogP contribution in [0.2, 0.25) is 0 Å². The Bertz CT molecular complexity index is 550. The Morgan fingerprint density at radius 1 is 1.20 bits per heavy atom. The Balaban J connectivity index is 2.59. The number of nitrogens with zero attached hydrogens (tertiary/aromatic N) is 1. The Hall–Kier alpha value is -1.42. The van der Waals surface area contributed by atoms with Gasteiger partial charge in [-0.15, -0.1) is 0 Å². The summed E-state index contributed by atoms with van der Waals surface area (Å²) in [6.07, 6.45) is 1.60. The highest BCUT2D eigenvalue weighted by atomic mass is 79.9. The lowest BCUT2D eigenvalue weighted by Gasteiger charge is -2.04. The molecule has 0 saturated carbocycles. The average molecular weight is 268 g/mol. The van der Waals surface area contributed by atoms with Crippen LogP contribution in [0.5, 0.6) is 0 Å². The molecule has 4 heteroatoms. The number of halogens is 2. The zero-order chi connectivity index (χ0) is 10.8. The second-order valence-corrected chi connectivity index (χ2v) is 3.95. The molecule has 0 spiro atoms. The third kappa shape index (κ3) is 2.15. The molecule has 1 aromatic heterocycles. The van der Waals surface area contributed by atoms with E-state index in [9.17, 15) is 9.18 Å². The lowest BCUT2D eigenvalue weighted by molar-refractivity contribution is 0.626. The van der Waals surface area contributed by atoms with E-state index >= 15 is 0 Å². The van der Waals surface area contributed by atoms with Crippen molar-refractivity contribution >= 4 is 15.9 Å². The highest BCUT2D eigenvalue weighted by Gasteiger charge is 2.00. The van der Waals surface area contributed by atoms with Gasteiger partial charge in [-0.2, -0.15) is 0 Å². The molecule has 2 aromatic rings. The van der Waals surface area contributed by atoms with E-state index in [1.54, 1.807) is 24.4 Å². The first-order valence-corrected chi connectivity index (χ1v) is 5.10. The molecular formula is C11H7BrFNO. The van der Waals surface area contributed by atoms with Crippen LogP contribution in [0.3, 0.4) is 0 Å². The van der Waals surface area contributed by atoms with Crippen molar-refractivity contribution in [2.24, 2.45) is 0 Å². The van der Waals surface area contributed by atoms with E-state index in [-0.39, 0.29) is 11.4 Å². The summed E-state index contributed by atoms with van der Waals surface area (Å²) in [5.74, 6) is -0.359. The van der Waals surface area contributed by atoms with Crippen LogP contribution >= 0.6 is 15.9 Å². The van der Waals surface area contributed by atoms with Crippen molar-refractivity contribution in [1.82, 2.24) is 4.57 Å². The number of rotatable bonds is 1. The van der Waals surface area contributed by atoms with Crippen LogP contribution in [0.15, 0.2) is 51.9 Å². The highest BCUT2D eigenvalue weighted by molar-refractivity contribution is 9.10. The summed E-state index contributed by atoms with van der Waals surface area (Å²) in [6, 6.07) is 9.07. The third-order valence-electron chi connectivity index (χ3n) is 1.97. The van der Waals surface area contributed by atoms with Gasteiger partial charge in [-0.25, -0.2) is 4.39 Å². The molecule has 0 aliphatic carbocycles. The normalized spacial score (nSPS) is 10.3. The highest BCUT2D eigenvalue weighted by Crippen LogP contribution is 2.10. The van der Waals surface area contributed by atoms with Gasteiger partial charge in [0.1, 0.15) is 5.82 Å². The summed E-state index contributed by atoms with van der Waals surface area (Å²) in [7, 11) is 0. The fourth-order valence-corrected chi connectivity index (χ4v) is 1.61. The summed E-state index contributed by atoms with van der Waals surface area (Å²) < 4.78 is 15.0. The molecular weight excluding hydrogens is 261 g/mol. The average Bonchev–Trinajstić information content (AvgIpc) is 2.17. The summed E-state index contributed by atoms with van der Waals surface area (Å²) in [5, 5.41) is 0. The second kappa shape index (κ2) is 3.98. The van der Waals surface area contributed by atoms with E-state index in [1.165, 1.54) is 22.8 Å². The molecule has 0 atom stereocenters. The topological polar surface area (TPSA) is 22.0 Å². The molecule has 0 fully saturated rings. The van der Waals surface area contributed by atoms with Gasteiger partial charge in [-0.1, -0.05) is 22.0 Å². The maximum absolute atomic E-state index is 12.9. The van der Waals surface area contributed by atoms with Crippen LogP contribution in [-0.4, -0.2) is 4.57 Å². The van der Waals surface area contributed by atoms with Gasteiger partial charge in [0.15, 0.2) is 0 Å². The minimum Gasteiger partial charge on any atom is -0.284 e. The Morgan fingerprint density at radius 2 is 2.00 bits per heavy atom. The maximum Gasteiger partial charge on any atom is 0.256 e. The van der Waals surface area contributed by atoms with Crippen LogP contribution in [0, 0.1) is 5.82 Å². The van der Waals surface area contributed by atoms with Gasteiger partial charge < -0.3 is 0 Å². The standard InChI is InChI=1S/C11H7BrFNO/c12-8-4-5-14(11(15)6-8)10-3-1-2-9(13)7-10/h1-7H. The molecule has 0 amide bonds. The number of hydrogen-bond acceptors (Lipinski definition) is 1. The predicted molar refractivity (Wildman–Crippen MR) is 59.7 cm³/mol. The molecule has 0 unspecified atom stereocenters. The minimum absolute atomic E-state index is 0.199. The van der Waals surface area contributed by atoms with Gasteiger partial charge >= 0.3 is 0 Å². The van der Waals surface area contributed by atoms with Gasteiger partial charge in [-0.05, 0) is 24.3 Å². The molecule has 76 valence electrons. The molecule has 0 aliphatic rings. The third-order valence-corrected chi connectivity index (χ3v) is 2.46. The van der Waals surface area contributed by atoms with Crippen molar-refractivity contribution in [2.75, 3.05) is 0 Å². The Labute approximate surface area is 94.1 Å². The number of aromatic nitrogens is 1. The van der Waals surface area contributed by atoms with Crippen molar-refractivity contribution < 1.29 is 4.39 Å².